The molecule has 0 amide bonds. The largest absolute Gasteiger partial charge is 0.507 e. The van der Waals surface area contributed by atoms with Crippen LogP contribution in [-0.2, 0) is 4.79 Å². The fourth-order valence-electron chi connectivity index (χ4n) is 0.871. The highest BCUT2D eigenvalue weighted by Gasteiger charge is 1.97. The predicted molar refractivity (Wildman–Crippen MR) is 47.4 cm³/mol. The van der Waals surface area contributed by atoms with E-state index in [1.165, 1.54) is 6.07 Å². The number of hydrogen-bond acceptors (Lipinski definition) is 2. The molecule has 0 aliphatic rings. The van der Waals surface area contributed by atoms with Gasteiger partial charge in [0.2, 0.25) is 0 Å². The van der Waals surface area contributed by atoms with Crippen LogP contribution in [0, 0.1) is 18.8 Å². The predicted octanol–water partition coefficient (Wildman–Crippen LogP) is 1.14. The van der Waals surface area contributed by atoms with Gasteiger partial charge in [0.1, 0.15) is 5.75 Å². The zero-order chi connectivity index (χ0) is 9.84. The molecule has 0 saturated carbocycles. The highest BCUT2D eigenvalue weighted by Crippen LogP contribution is 2.16. The van der Waals surface area contributed by atoms with Gasteiger partial charge >= 0.3 is 5.97 Å². The molecule has 1 aromatic carbocycles. The first-order valence-electron chi connectivity index (χ1n) is 3.64. The quantitative estimate of drug-likeness (QED) is 0.583. The normalized spacial score (nSPS) is 8.69. The average molecular weight is 176 g/mol. The molecule has 0 unspecified atom stereocenters. The van der Waals surface area contributed by atoms with Crippen LogP contribution < -0.4 is 0 Å². The molecular formula is C10H8O3. The lowest BCUT2D eigenvalue weighted by molar-refractivity contribution is -0.130. The molecule has 0 aliphatic carbocycles. The van der Waals surface area contributed by atoms with Crippen LogP contribution in [0.1, 0.15) is 11.1 Å². The van der Waals surface area contributed by atoms with Gasteiger partial charge in [-0.05, 0) is 24.6 Å². The fourth-order valence-corrected chi connectivity index (χ4v) is 0.871. The molecule has 0 spiro atoms. The number of aryl methyl sites for hydroxylation is 1. The number of hydrogen-bond donors (Lipinski definition) is 2. The Labute approximate surface area is 75.6 Å². The van der Waals surface area contributed by atoms with Gasteiger partial charge in [-0.1, -0.05) is 12.0 Å². The Morgan fingerprint density at radius 1 is 1.46 bits per heavy atom. The molecule has 0 aliphatic heterocycles. The minimum Gasteiger partial charge on any atom is -0.507 e. The highest BCUT2D eigenvalue weighted by atomic mass is 16.4. The van der Waals surface area contributed by atoms with Crippen molar-refractivity contribution < 1.29 is 15.0 Å². The Balaban J connectivity index is 3.09. The van der Waals surface area contributed by atoms with Gasteiger partial charge < -0.3 is 10.2 Å². The number of rotatable bonds is 0. The second-order valence-electron chi connectivity index (χ2n) is 2.58. The van der Waals surface area contributed by atoms with Gasteiger partial charge in [-0.25, -0.2) is 4.79 Å². The summed E-state index contributed by atoms with van der Waals surface area (Å²) in [5.74, 6) is 3.08. The van der Waals surface area contributed by atoms with E-state index in [0.717, 1.165) is 5.56 Å². The molecule has 0 atom stereocenters. The first-order chi connectivity index (χ1) is 6.09. The Hall–Kier alpha value is -1.95. The van der Waals surface area contributed by atoms with Gasteiger partial charge in [0.25, 0.3) is 0 Å². The Morgan fingerprint density at radius 2 is 2.15 bits per heavy atom. The van der Waals surface area contributed by atoms with Crippen molar-refractivity contribution >= 4 is 5.97 Å². The molecule has 3 heteroatoms. The summed E-state index contributed by atoms with van der Waals surface area (Å²) >= 11 is 0. The summed E-state index contributed by atoms with van der Waals surface area (Å²) in [6.07, 6.45) is 0. The number of carboxylic acid groups (broad SMARTS) is 1. The molecule has 13 heavy (non-hydrogen) atoms. The smallest absolute Gasteiger partial charge is 0.382 e. The molecule has 66 valence electrons. The van der Waals surface area contributed by atoms with Crippen molar-refractivity contribution in [2.45, 2.75) is 6.92 Å². The molecule has 1 rings (SSSR count). The van der Waals surface area contributed by atoms with Crippen molar-refractivity contribution in [3.63, 3.8) is 0 Å². The van der Waals surface area contributed by atoms with Crippen LogP contribution in [0.2, 0.25) is 0 Å². The van der Waals surface area contributed by atoms with Crippen molar-refractivity contribution in [1.29, 1.82) is 0 Å². The van der Waals surface area contributed by atoms with E-state index >= 15 is 0 Å². The minimum absolute atomic E-state index is 0.000602. The molecule has 0 bridgehead atoms. The third-order valence-electron chi connectivity index (χ3n) is 1.46. The van der Waals surface area contributed by atoms with E-state index in [1.54, 1.807) is 12.1 Å². The summed E-state index contributed by atoms with van der Waals surface area (Å²) in [6, 6.07) is 4.84. The third-order valence-corrected chi connectivity index (χ3v) is 1.46. The first kappa shape index (κ1) is 9.14. The van der Waals surface area contributed by atoms with Crippen molar-refractivity contribution in [3.8, 4) is 17.6 Å². The van der Waals surface area contributed by atoms with E-state index in [4.69, 9.17) is 5.11 Å². The van der Waals surface area contributed by atoms with Crippen molar-refractivity contribution in [1.82, 2.24) is 0 Å². The molecule has 0 radical (unpaired) electrons. The number of aliphatic carboxylic acids is 1. The third kappa shape index (κ3) is 2.53. The monoisotopic (exact) mass is 176 g/mol. The Morgan fingerprint density at radius 3 is 2.77 bits per heavy atom. The number of carboxylic acids is 1. The SMILES string of the molecule is Cc1ccc(O)c(C#CC(=O)O)c1. The van der Waals surface area contributed by atoms with E-state index in [1.807, 2.05) is 12.8 Å². The Kier molecular flexibility index (Phi) is 2.56. The van der Waals surface area contributed by atoms with Crippen LogP contribution in [-0.4, -0.2) is 16.2 Å². The summed E-state index contributed by atoms with van der Waals surface area (Å²) < 4.78 is 0. The zero-order valence-electron chi connectivity index (χ0n) is 7.03. The molecule has 0 aromatic heterocycles. The number of aromatic hydroxyl groups is 1. The Bertz CT molecular complexity index is 396. The van der Waals surface area contributed by atoms with Gasteiger partial charge in [-0.2, -0.15) is 0 Å². The second kappa shape index (κ2) is 3.63. The van der Waals surface area contributed by atoms with Gasteiger partial charge in [0, 0.05) is 5.92 Å². The molecule has 1 aromatic rings. The lowest BCUT2D eigenvalue weighted by atomic mass is 10.1. The standard InChI is InChI=1S/C10H8O3/c1-7-2-4-9(11)8(6-7)3-5-10(12)13/h2,4,6,11H,1H3,(H,12,13). The number of phenols is 1. The molecule has 0 heterocycles. The lowest BCUT2D eigenvalue weighted by Crippen LogP contribution is -1.87. The average Bonchev–Trinajstić information content (AvgIpc) is 2.06. The van der Waals surface area contributed by atoms with E-state index < -0.39 is 5.97 Å². The van der Waals surface area contributed by atoms with Crippen LogP contribution in [0.25, 0.3) is 0 Å². The van der Waals surface area contributed by atoms with Gasteiger partial charge in [-0.15, -0.1) is 0 Å². The first-order valence-corrected chi connectivity index (χ1v) is 3.64. The summed E-state index contributed by atoms with van der Waals surface area (Å²) in [7, 11) is 0. The van der Waals surface area contributed by atoms with Crippen molar-refractivity contribution in [3.05, 3.63) is 29.3 Å². The summed E-state index contributed by atoms with van der Waals surface area (Å²) in [5, 5.41) is 17.5. The molecular weight excluding hydrogens is 168 g/mol. The maximum Gasteiger partial charge on any atom is 0.382 e. The number of phenolic OH excluding ortho intramolecular Hbond substituents is 1. The number of carbonyl (C=O) groups is 1. The van der Waals surface area contributed by atoms with E-state index in [0.29, 0.717) is 5.56 Å². The number of benzene rings is 1. The zero-order valence-corrected chi connectivity index (χ0v) is 7.03. The van der Waals surface area contributed by atoms with Gasteiger partial charge in [0.15, 0.2) is 0 Å². The maximum absolute atomic E-state index is 10.1. The topological polar surface area (TPSA) is 57.5 Å². The van der Waals surface area contributed by atoms with Crippen LogP contribution in [0.3, 0.4) is 0 Å². The van der Waals surface area contributed by atoms with E-state index in [2.05, 4.69) is 5.92 Å². The van der Waals surface area contributed by atoms with Crippen molar-refractivity contribution in [2.24, 2.45) is 0 Å². The highest BCUT2D eigenvalue weighted by molar-refractivity contribution is 5.87. The summed E-state index contributed by atoms with van der Waals surface area (Å²) in [5.41, 5.74) is 1.26. The fraction of sp³-hybridized carbons (Fsp3) is 0.100. The van der Waals surface area contributed by atoms with E-state index in [-0.39, 0.29) is 5.75 Å². The van der Waals surface area contributed by atoms with Gasteiger partial charge in [-0.3, -0.25) is 0 Å². The summed E-state index contributed by atoms with van der Waals surface area (Å²) in [4.78, 5) is 10.1. The molecule has 0 fully saturated rings. The van der Waals surface area contributed by atoms with Crippen LogP contribution in [0.15, 0.2) is 18.2 Å². The second-order valence-corrected chi connectivity index (χ2v) is 2.58. The van der Waals surface area contributed by atoms with E-state index in [9.17, 15) is 9.90 Å². The van der Waals surface area contributed by atoms with Gasteiger partial charge in [0.05, 0.1) is 5.56 Å². The minimum atomic E-state index is -1.21. The molecule has 2 N–H and O–H groups in total. The van der Waals surface area contributed by atoms with Crippen LogP contribution in [0.5, 0.6) is 5.75 Å². The van der Waals surface area contributed by atoms with Crippen LogP contribution in [0.4, 0.5) is 0 Å². The summed E-state index contributed by atoms with van der Waals surface area (Å²) in [6.45, 7) is 1.84. The van der Waals surface area contributed by atoms with Crippen LogP contribution >= 0.6 is 0 Å². The lowest BCUT2D eigenvalue weighted by Gasteiger charge is -1.96. The maximum atomic E-state index is 10.1. The molecule has 0 saturated heterocycles. The van der Waals surface area contributed by atoms with Crippen molar-refractivity contribution in [2.75, 3.05) is 0 Å². The molecule has 3 nitrogen and oxygen atoms in total.